The second-order valence-electron chi connectivity index (χ2n) is 2.81. The standard InChI is InChI=1S/C10H5BrN2O/c11-7-2-1-3-8-9(7)10(14)6(4-12)5-13-8/h1-3,5H,(H,13,14). The molecule has 3 nitrogen and oxygen atoms in total. The number of benzene rings is 1. The number of fused-ring (bicyclic) bond motifs is 1. The summed E-state index contributed by atoms with van der Waals surface area (Å²) in [5, 5.41) is 9.20. The average Bonchev–Trinajstić information content (AvgIpc) is 2.18. The van der Waals surface area contributed by atoms with Crippen LogP contribution in [0.25, 0.3) is 10.9 Å². The molecular weight excluding hydrogens is 244 g/mol. The largest absolute Gasteiger partial charge is 0.360 e. The minimum absolute atomic E-state index is 0.129. The molecule has 2 aromatic rings. The minimum Gasteiger partial charge on any atom is -0.360 e. The summed E-state index contributed by atoms with van der Waals surface area (Å²) in [6, 6.07) is 7.25. The maximum atomic E-state index is 11.7. The summed E-state index contributed by atoms with van der Waals surface area (Å²) in [6.07, 6.45) is 1.43. The normalized spacial score (nSPS) is 10.0. The zero-order valence-electron chi connectivity index (χ0n) is 7.04. The first-order valence-corrected chi connectivity index (χ1v) is 4.73. The van der Waals surface area contributed by atoms with Crippen LogP contribution in [0.3, 0.4) is 0 Å². The lowest BCUT2D eigenvalue weighted by molar-refractivity contribution is 1.34. The number of nitrogens with one attached hydrogen (secondary N) is 1. The van der Waals surface area contributed by atoms with Gasteiger partial charge in [-0.2, -0.15) is 5.26 Å². The highest BCUT2D eigenvalue weighted by atomic mass is 79.9. The van der Waals surface area contributed by atoms with Crippen LogP contribution in [0.1, 0.15) is 5.56 Å². The maximum Gasteiger partial charge on any atom is 0.208 e. The zero-order valence-corrected chi connectivity index (χ0v) is 8.63. The Kier molecular flexibility index (Phi) is 2.10. The average molecular weight is 249 g/mol. The number of aromatic nitrogens is 1. The molecule has 0 amide bonds. The summed E-state index contributed by atoms with van der Waals surface area (Å²) in [4.78, 5) is 14.6. The van der Waals surface area contributed by atoms with Crippen molar-refractivity contribution in [3.05, 3.63) is 44.7 Å². The monoisotopic (exact) mass is 248 g/mol. The minimum atomic E-state index is -0.242. The Hall–Kier alpha value is -1.60. The molecule has 1 N–H and O–H groups in total. The van der Waals surface area contributed by atoms with Crippen LogP contribution >= 0.6 is 15.9 Å². The molecule has 0 aliphatic heterocycles. The third kappa shape index (κ3) is 1.22. The van der Waals surface area contributed by atoms with Crippen molar-refractivity contribution in [3.63, 3.8) is 0 Å². The summed E-state index contributed by atoms with van der Waals surface area (Å²) in [5.74, 6) is 0. The van der Waals surface area contributed by atoms with Gasteiger partial charge in [-0.15, -0.1) is 0 Å². The van der Waals surface area contributed by atoms with Gasteiger partial charge in [-0.1, -0.05) is 6.07 Å². The van der Waals surface area contributed by atoms with Crippen molar-refractivity contribution in [1.82, 2.24) is 4.98 Å². The van der Waals surface area contributed by atoms with E-state index in [2.05, 4.69) is 20.9 Å². The highest BCUT2D eigenvalue weighted by Gasteiger charge is 2.06. The van der Waals surface area contributed by atoms with Crippen molar-refractivity contribution >= 4 is 26.8 Å². The number of H-pyrrole nitrogens is 1. The Morgan fingerprint density at radius 2 is 2.21 bits per heavy atom. The van der Waals surface area contributed by atoms with E-state index in [-0.39, 0.29) is 11.0 Å². The Morgan fingerprint density at radius 3 is 2.93 bits per heavy atom. The number of hydrogen-bond acceptors (Lipinski definition) is 2. The van der Waals surface area contributed by atoms with Crippen LogP contribution in [0.4, 0.5) is 0 Å². The summed E-state index contributed by atoms with van der Waals surface area (Å²) >= 11 is 3.28. The molecule has 0 atom stereocenters. The molecule has 68 valence electrons. The van der Waals surface area contributed by atoms with Crippen molar-refractivity contribution < 1.29 is 0 Å². The van der Waals surface area contributed by atoms with E-state index in [1.165, 1.54) is 6.20 Å². The molecule has 14 heavy (non-hydrogen) atoms. The molecular formula is C10H5BrN2O. The van der Waals surface area contributed by atoms with Crippen LogP contribution in [0, 0.1) is 11.3 Å². The Morgan fingerprint density at radius 1 is 1.43 bits per heavy atom. The summed E-state index contributed by atoms with van der Waals surface area (Å²) < 4.78 is 0.702. The van der Waals surface area contributed by atoms with E-state index in [9.17, 15) is 4.79 Å². The topological polar surface area (TPSA) is 56.6 Å². The van der Waals surface area contributed by atoms with Crippen LogP contribution in [-0.4, -0.2) is 4.98 Å². The molecule has 0 aliphatic rings. The molecule has 0 unspecified atom stereocenters. The number of rotatable bonds is 0. The fourth-order valence-corrected chi connectivity index (χ4v) is 1.85. The van der Waals surface area contributed by atoms with Gasteiger partial charge in [-0.05, 0) is 28.1 Å². The Bertz CT molecular complexity index is 595. The van der Waals surface area contributed by atoms with Gasteiger partial charge in [0.05, 0.1) is 10.9 Å². The first kappa shape index (κ1) is 8.97. The van der Waals surface area contributed by atoms with E-state index in [0.717, 1.165) is 5.52 Å². The smallest absolute Gasteiger partial charge is 0.208 e. The number of hydrogen-bond donors (Lipinski definition) is 1. The Labute approximate surface area is 88.1 Å². The molecule has 2 rings (SSSR count). The van der Waals surface area contributed by atoms with E-state index < -0.39 is 0 Å². The molecule has 0 saturated heterocycles. The molecule has 1 heterocycles. The number of aromatic amines is 1. The van der Waals surface area contributed by atoms with Gasteiger partial charge in [-0.3, -0.25) is 4.79 Å². The number of nitriles is 1. The van der Waals surface area contributed by atoms with E-state index in [1.54, 1.807) is 12.1 Å². The van der Waals surface area contributed by atoms with Crippen LogP contribution in [0.5, 0.6) is 0 Å². The van der Waals surface area contributed by atoms with Crippen molar-refractivity contribution in [1.29, 1.82) is 5.26 Å². The maximum absolute atomic E-state index is 11.7. The second-order valence-corrected chi connectivity index (χ2v) is 3.66. The van der Waals surface area contributed by atoms with Gasteiger partial charge in [0.15, 0.2) is 0 Å². The summed E-state index contributed by atoms with van der Waals surface area (Å²) in [5.41, 5.74) is 0.613. The van der Waals surface area contributed by atoms with Crippen molar-refractivity contribution in [2.75, 3.05) is 0 Å². The zero-order chi connectivity index (χ0) is 10.1. The van der Waals surface area contributed by atoms with Gasteiger partial charge in [0, 0.05) is 10.7 Å². The molecule has 0 saturated carbocycles. The van der Waals surface area contributed by atoms with Crippen molar-refractivity contribution in [2.45, 2.75) is 0 Å². The van der Waals surface area contributed by atoms with Gasteiger partial charge >= 0.3 is 0 Å². The van der Waals surface area contributed by atoms with E-state index in [4.69, 9.17) is 5.26 Å². The fraction of sp³-hybridized carbons (Fsp3) is 0. The predicted octanol–water partition coefficient (Wildman–Crippen LogP) is 2.16. The molecule has 0 bridgehead atoms. The van der Waals surface area contributed by atoms with Crippen molar-refractivity contribution in [3.8, 4) is 6.07 Å². The third-order valence-corrected chi connectivity index (χ3v) is 2.64. The van der Waals surface area contributed by atoms with Crippen LogP contribution < -0.4 is 5.43 Å². The molecule has 1 aromatic carbocycles. The second kappa shape index (κ2) is 3.28. The van der Waals surface area contributed by atoms with Gasteiger partial charge in [0.2, 0.25) is 5.43 Å². The lowest BCUT2D eigenvalue weighted by atomic mass is 10.1. The molecule has 0 aliphatic carbocycles. The molecule has 4 heteroatoms. The molecule has 0 radical (unpaired) electrons. The lowest BCUT2D eigenvalue weighted by Gasteiger charge is -1.99. The van der Waals surface area contributed by atoms with E-state index in [0.29, 0.717) is 9.86 Å². The number of halogens is 1. The summed E-state index contributed by atoms with van der Waals surface area (Å²) in [7, 11) is 0. The van der Waals surface area contributed by atoms with E-state index >= 15 is 0 Å². The van der Waals surface area contributed by atoms with Gasteiger partial charge < -0.3 is 4.98 Å². The van der Waals surface area contributed by atoms with E-state index in [1.807, 2.05) is 12.1 Å². The van der Waals surface area contributed by atoms with Gasteiger partial charge in [-0.25, -0.2) is 0 Å². The lowest BCUT2D eigenvalue weighted by Crippen LogP contribution is -2.07. The molecule has 0 fully saturated rings. The SMILES string of the molecule is N#Cc1c[nH]c2cccc(Br)c2c1=O. The highest BCUT2D eigenvalue weighted by Crippen LogP contribution is 2.18. The highest BCUT2D eigenvalue weighted by molar-refractivity contribution is 9.10. The molecule has 0 spiro atoms. The number of nitrogens with zero attached hydrogens (tertiary/aromatic N) is 1. The summed E-state index contributed by atoms with van der Waals surface area (Å²) in [6.45, 7) is 0. The van der Waals surface area contributed by atoms with Crippen molar-refractivity contribution in [2.24, 2.45) is 0 Å². The quantitative estimate of drug-likeness (QED) is 0.777. The third-order valence-electron chi connectivity index (χ3n) is 1.98. The van der Waals surface area contributed by atoms with Crippen LogP contribution in [0.15, 0.2) is 33.7 Å². The molecule has 1 aromatic heterocycles. The fourth-order valence-electron chi connectivity index (χ4n) is 1.31. The first-order chi connectivity index (χ1) is 6.74. The van der Waals surface area contributed by atoms with Crippen LogP contribution in [-0.2, 0) is 0 Å². The first-order valence-electron chi connectivity index (χ1n) is 3.94. The predicted molar refractivity (Wildman–Crippen MR) is 57.0 cm³/mol. The van der Waals surface area contributed by atoms with Gasteiger partial charge in [0.25, 0.3) is 0 Å². The Balaban J connectivity index is 3.03. The number of pyridine rings is 1. The van der Waals surface area contributed by atoms with Gasteiger partial charge in [0.1, 0.15) is 11.6 Å². The van der Waals surface area contributed by atoms with Crippen LogP contribution in [0.2, 0.25) is 0 Å².